The van der Waals surface area contributed by atoms with E-state index in [1.54, 1.807) is 0 Å². The average molecular weight is 233 g/mol. The van der Waals surface area contributed by atoms with Gasteiger partial charge in [-0.15, -0.1) is 0 Å². The highest BCUT2D eigenvalue weighted by Gasteiger charge is 2.18. The van der Waals surface area contributed by atoms with Gasteiger partial charge in [-0.25, -0.2) is 0 Å². The van der Waals surface area contributed by atoms with Crippen LogP contribution >= 0.6 is 0 Å². The van der Waals surface area contributed by atoms with Crippen LogP contribution < -0.4 is 5.73 Å². The Balaban J connectivity index is 3.33. The van der Waals surface area contributed by atoms with E-state index in [-0.39, 0.29) is 6.04 Å². The van der Waals surface area contributed by atoms with Gasteiger partial charge in [0, 0.05) is 6.04 Å². The van der Waals surface area contributed by atoms with E-state index in [0.29, 0.717) is 5.92 Å². The van der Waals surface area contributed by atoms with Crippen molar-refractivity contribution in [3.05, 3.63) is 33.4 Å². The molecular formula is C16H27N. The van der Waals surface area contributed by atoms with Crippen LogP contribution in [-0.2, 0) is 0 Å². The molecule has 1 unspecified atom stereocenters. The molecule has 0 aliphatic heterocycles. The van der Waals surface area contributed by atoms with E-state index in [0.717, 1.165) is 6.42 Å². The molecule has 0 radical (unpaired) electrons. The maximum absolute atomic E-state index is 6.39. The lowest BCUT2D eigenvalue weighted by Crippen LogP contribution is -2.17. The van der Waals surface area contributed by atoms with Gasteiger partial charge in [0.25, 0.3) is 0 Å². The van der Waals surface area contributed by atoms with Crippen molar-refractivity contribution in [1.29, 1.82) is 0 Å². The Hall–Kier alpha value is -0.820. The van der Waals surface area contributed by atoms with Gasteiger partial charge in [0.05, 0.1) is 0 Å². The molecule has 1 atom stereocenters. The second-order valence-electron chi connectivity index (χ2n) is 5.77. The van der Waals surface area contributed by atoms with Crippen LogP contribution in [0.2, 0.25) is 0 Å². The summed E-state index contributed by atoms with van der Waals surface area (Å²) in [4.78, 5) is 0. The summed E-state index contributed by atoms with van der Waals surface area (Å²) in [6.45, 7) is 15.5. The fourth-order valence-corrected chi connectivity index (χ4v) is 2.71. The summed E-state index contributed by atoms with van der Waals surface area (Å²) < 4.78 is 0. The largest absolute Gasteiger partial charge is 0.324 e. The van der Waals surface area contributed by atoms with Crippen LogP contribution in [0.25, 0.3) is 0 Å². The smallest absolute Gasteiger partial charge is 0.0302 e. The van der Waals surface area contributed by atoms with E-state index in [4.69, 9.17) is 5.73 Å². The summed E-state index contributed by atoms with van der Waals surface area (Å²) in [5, 5.41) is 0. The van der Waals surface area contributed by atoms with Crippen LogP contribution in [0.4, 0.5) is 0 Å². The van der Waals surface area contributed by atoms with Gasteiger partial charge in [-0.05, 0) is 80.3 Å². The first kappa shape index (κ1) is 14.2. The molecule has 1 nitrogen and oxygen atoms in total. The highest BCUT2D eigenvalue weighted by molar-refractivity contribution is 5.50. The number of benzene rings is 1. The Bertz CT molecular complexity index is 387. The molecule has 0 aromatic heterocycles. The number of hydrogen-bond acceptors (Lipinski definition) is 1. The van der Waals surface area contributed by atoms with Crippen molar-refractivity contribution < 1.29 is 0 Å². The standard InChI is InChI=1S/C16H27N/c1-9(2)8-15(17)16-13(6)11(4)10(3)12(5)14(16)7/h9,15H,8,17H2,1-7H3. The van der Waals surface area contributed by atoms with Gasteiger partial charge in [0.15, 0.2) is 0 Å². The van der Waals surface area contributed by atoms with Crippen LogP contribution in [-0.4, -0.2) is 0 Å². The molecule has 0 saturated heterocycles. The van der Waals surface area contributed by atoms with Crippen molar-refractivity contribution in [1.82, 2.24) is 0 Å². The van der Waals surface area contributed by atoms with Crippen molar-refractivity contribution in [2.45, 2.75) is 60.9 Å². The molecule has 1 aromatic carbocycles. The topological polar surface area (TPSA) is 26.0 Å². The second-order valence-corrected chi connectivity index (χ2v) is 5.77. The fraction of sp³-hybridized carbons (Fsp3) is 0.625. The zero-order chi connectivity index (χ0) is 13.3. The Morgan fingerprint density at radius 1 is 0.765 bits per heavy atom. The fourth-order valence-electron chi connectivity index (χ4n) is 2.71. The summed E-state index contributed by atoms with van der Waals surface area (Å²) in [7, 11) is 0. The quantitative estimate of drug-likeness (QED) is 0.828. The van der Waals surface area contributed by atoms with E-state index in [9.17, 15) is 0 Å². The van der Waals surface area contributed by atoms with Gasteiger partial charge in [-0.2, -0.15) is 0 Å². The third-order valence-electron chi connectivity index (χ3n) is 4.15. The van der Waals surface area contributed by atoms with Crippen LogP contribution in [0.5, 0.6) is 0 Å². The second kappa shape index (κ2) is 5.22. The van der Waals surface area contributed by atoms with Gasteiger partial charge >= 0.3 is 0 Å². The van der Waals surface area contributed by atoms with E-state index in [1.807, 2.05) is 0 Å². The van der Waals surface area contributed by atoms with Crippen LogP contribution in [0, 0.1) is 40.5 Å². The van der Waals surface area contributed by atoms with Crippen LogP contribution in [0.15, 0.2) is 0 Å². The lowest BCUT2D eigenvalue weighted by atomic mass is 9.84. The lowest BCUT2D eigenvalue weighted by molar-refractivity contribution is 0.506. The highest BCUT2D eigenvalue weighted by atomic mass is 14.6. The SMILES string of the molecule is Cc1c(C)c(C)c(C(N)CC(C)C)c(C)c1C. The Labute approximate surface area is 106 Å². The van der Waals surface area contributed by atoms with Crippen molar-refractivity contribution >= 4 is 0 Å². The number of hydrogen-bond donors (Lipinski definition) is 1. The van der Waals surface area contributed by atoms with Gasteiger partial charge in [-0.3, -0.25) is 0 Å². The summed E-state index contributed by atoms with van der Waals surface area (Å²) in [5.74, 6) is 0.644. The third kappa shape index (κ3) is 2.71. The monoisotopic (exact) mass is 233 g/mol. The Morgan fingerprint density at radius 2 is 1.12 bits per heavy atom. The van der Waals surface area contributed by atoms with Crippen molar-refractivity contribution in [2.75, 3.05) is 0 Å². The molecule has 0 bridgehead atoms. The summed E-state index contributed by atoms with van der Waals surface area (Å²) in [6, 6.07) is 0.174. The lowest BCUT2D eigenvalue weighted by Gasteiger charge is -2.24. The van der Waals surface area contributed by atoms with Crippen LogP contribution in [0.1, 0.15) is 59.7 Å². The Morgan fingerprint density at radius 3 is 1.47 bits per heavy atom. The molecule has 1 heteroatoms. The van der Waals surface area contributed by atoms with Crippen molar-refractivity contribution in [2.24, 2.45) is 11.7 Å². The zero-order valence-corrected chi connectivity index (χ0v) is 12.4. The van der Waals surface area contributed by atoms with Crippen molar-refractivity contribution in [3.8, 4) is 0 Å². The molecule has 96 valence electrons. The molecule has 0 fully saturated rings. The average Bonchev–Trinajstić information content (AvgIpc) is 2.23. The van der Waals surface area contributed by atoms with Gasteiger partial charge in [0.2, 0.25) is 0 Å². The summed E-state index contributed by atoms with van der Waals surface area (Å²) in [6.07, 6.45) is 1.06. The summed E-state index contributed by atoms with van der Waals surface area (Å²) in [5.41, 5.74) is 14.8. The van der Waals surface area contributed by atoms with E-state index >= 15 is 0 Å². The van der Waals surface area contributed by atoms with Gasteiger partial charge < -0.3 is 5.73 Å². The molecule has 0 saturated carbocycles. The van der Waals surface area contributed by atoms with E-state index in [1.165, 1.54) is 33.4 Å². The number of nitrogens with two attached hydrogens (primary N) is 1. The minimum absolute atomic E-state index is 0.174. The molecule has 1 rings (SSSR count). The van der Waals surface area contributed by atoms with E-state index in [2.05, 4.69) is 48.5 Å². The van der Waals surface area contributed by atoms with Gasteiger partial charge in [-0.1, -0.05) is 13.8 Å². The maximum atomic E-state index is 6.39. The number of rotatable bonds is 3. The highest BCUT2D eigenvalue weighted by Crippen LogP contribution is 2.31. The molecule has 0 aliphatic rings. The first-order valence-electron chi connectivity index (χ1n) is 6.59. The minimum Gasteiger partial charge on any atom is -0.324 e. The molecule has 1 aromatic rings. The zero-order valence-electron chi connectivity index (χ0n) is 12.4. The molecule has 2 N–H and O–H groups in total. The molecule has 0 aliphatic carbocycles. The van der Waals surface area contributed by atoms with Crippen molar-refractivity contribution in [3.63, 3.8) is 0 Å². The molecule has 0 spiro atoms. The predicted molar refractivity (Wildman–Crippen MR) is 76.5 cm³/mol. The predicted octanol–water partition coefficient (Wildman–Crippen LogP) is 4.27. The van der Waals surface area contributed by atoms with E-state index < -0.39 is 0 Å². The molecule has 17 heavy (non-hydrogen) atoms. The maximum Gasteiger partial charge on any atom is 0.0302 e. The minimum atomic E-state index is 0.174. The van der Waals surface area contributed by atoms with Gasteiger partial charge in [0.1, 0.15) is 0 Å². The normalized spacial score (nSPS) is 13.2. The summed E-state index contributed by atoms with van der Waals surface area (Å²) >= 11 is 0. The first-order chi connectivity index (χ1) is 7.77. The van der Waals surface area contributed by atoms with Crippen LogP contribution in [0.3, 0.4) is 0 Å². The molecule has 0 heterocycles. The first-order valence-corrected chi connectivity index (χ1v) is 6.59. The third-order valence-corrected chi connectivity index (χ3v) is 4.15. The molecular weight excluding hydrogens is 206 g/mol. The molecule has 0 amide bonds. The Kier molecular flexibility index (Phi) is 4.37.